The van der Waals surface area contributed by atoms with Crippen LogP contribution in [0.4, 0.5) is 0 Å². The van der Waals surface area contributed by atoms with Crippen LogP contribution in [0, 0.1) is 6.92 Å². The summed E-state index contributed by atoms with van der Waals surface area (Å²) >= 11 is 7.13. The molecule has 0 aliphatic heterocycles. The standard InChI is InChI=1S/C6H7ClN2S/c1-4-3-8-6(7)9-5(4)10-2/h3H,1-2H3. The minimum absolute atomic E-state index is 0.315. The Morgan fingerprint density at radius 2 is 2.30 bits per heavy atom. The van der Waals surface area contributed by atoms with Gasteiger partial charge in [-0.25, -0.2) is 9.97 Å². The van der Waals surface area contributed by atoms with Crippen LogP contribution in [-0.2, 0) is 0 Å². The van der Waals surface area contributed by atoms with E-state index in [-0.39, 0.29) is 0 Å². The van der Waals surface area contributed by atoms with Crippen LogP contribution in [0.3, 0.4) is 0 Å². The highest BCUT2D eigenvalue weighted by atomic mass is 35.5. The van der Waals surface area contributed by atoms with Crippen molar-refractivity contribution in [3.8, 4) is 0 Å². The molecule has 0 unspecified atom stereocenters. The van der Waals surface area contributed by atoms with Crippen LogP contribution in [0.25, 0.3) is 0 Å². The molecule has 0 spiro atoms. The zero-order valence-electron chi connectivity index (χ0n) is 5.76. The Bertz CT molecular complexity index is 239. The molecule has 0 fully saturated rings. The third-order valence-electron chi connectivity index (χ3n) is 1.09. The predicted molar refractivity (Wildman–Crippen MR) is 43.6 cm³/mol. The Labute approximate surface area is 69.0 Å². The molecule has 0 N–H and O–H groups in total. The number of aryl methyl sites for hydroxylation is 1. The molecule has 0 atom stereocenters. The molecule has 0 amide bonds. The van der Waals surface area contributed by atoms with E-state index >= 15 is 0 Å². The first-order chi connectivity index (χ1) is 4.74. The third kappa shape index (κ3) is 1.61. The highest BCUT2D eigenvalue weighted by molar-refractivity contribution is 7.98. The molecule has 1 aromatic rings. The lowest BCUT2D eigenvalue weighted by Crippen LogP contribution is -1.87. The second-order valence-corrected chi connectivity index (χ2v) is 2.96. The molecule has 0 saturated heterocycles. The van der Waals surface area contributed by atoms with Gasteiger partial charge in [-0.15, -0.1) is 11.8 Å². The SMILES string of the molecule is CSc1nc(Cl)ncc1C. The number of aromatic nitrogens is 2. The van der Waals surface area contributed by atoms with Crippen LogP contribution in [-0.4, -0.2) is 16.2 Å². The summed E-state index contributed by atoms with van der Waals surface area (Å²) in [5.74, 6) is 0. The Morgan fingerprint density at radius 3 is 2.80 bits per heavy atom. The quantitative estimate of drug-likeness (QED) is 0.371. The van der Waals surface area contributed by atoms with E-state index in [1.807, 2.05) is 13.2 Å². The van der Waals surface area contributed by atoms with E-state index in [0.717, 1.165) is 10.6 Å². The lowest BCUT2D eigenvalue weighted by Gasteiger charge is -1.98. The summed E-state index contributed by atoms with van der Waals surface area (Å²) < 4.78 is 0. The lowest BCUT2D eigenvalue weighted by molar-refractivity contribution is 1.01. The number of halogens is 1. The maximum Gasteiger partial charge on any atom is 0.223 e. The van der Waals surface area contributed by atoms with Gasteiger partial charge in [-0.2, -0.15) is 0 Å². The Morgan fingerprint density at radius 1 is 1.60 bits per heavy atom. The summed E-state index contributed by atoms with van der Waals surface area (Å²) in [5, 5.41) is 1.26. The Hall–Kier alpha value is -0.280. The summed E-state index contributed by atoms with van der Waals surface area (Å²) in [7, 11) is 0. The van der Waals surface area contributed by atoms with Crippen molar-refractivity contribution >= 4 is 23.4 Å². The molecule has 1 heterocycles. The van der Waals surface area contributed by atoms with Gasteiger partial charge in [0.1, 0.15) is 5.03 Å². The summed E-state index contributed by atoms with van der Waals surface area (Å²) in [6.07, 6.45) is 3.69. The monoisotopic (exact) mass is 174 g/mol. The zero-order chi connectivity index (χ0) is 7.56. The van der Waals surface area contributed by atoms with E-state index in [2.05, 4.69) is 9.97 Å². The topological polar surface area (TPSA) is 25.8 Å². The molecule has 0 aromatic carbocycles. The van der Waals surface area contributed by atoms with Gasteiger partial charge in [-0.1, -0.05) is 0 Å². The molecule has 1 aromatic heterocycles. The van der Waals surface area contributed by atoms with Crippen LogP contribution in [0.1, 0.15) is 5.56 Å². The van der Waals surface area contributed by atoms with Crippen LogP contribution < -0.4 is 0 Å². The van der Waals surface area contributed by atoms with Crippen molar-refractivity contribution in [1.82, 2.24) is 9.97 Å². The van der Waals surface area contributed by atoms with Crippen molar-refractivity contribution in [2.45, 2.75) is 11.9 Å². The van der Waals surface area contributed by atoms with Gasteiger partial charge in [0.25, 0.3) is 0 Å². The molecule has 10 heavy (non-hydrogen) atoms. The van der Waals surface area contributed by atoms with Crippen LogP contribution in [0.15, 0.2) is 11.2 Å². The Kier molecular flexibility index (Phi) is 2.51. The van der Waals surface area contributed by atoms with E-state index in [4.69, 9.17) is 11.6 Å². The second kappa shape index (κ2) is 3.21. The molecule has 54 valence electrons. The van der Waals surface area contributed by atoms with Crippen LogP contribution >= 0.6 is 23.4 Å². The van der Waals surface area contributed by atoms with Crippen molar-refractivity contribution in [3.05, 3.63) is 17.0 Å². The molecule has 1 rings (SSSR count). The number of rotatable bonds is 1. The average Bonchev–Trinajstić information content (AvgIpc) is 1.94. The van der Waals surface area contributed by atoms with Gasteiger partial charge in [-0.05, 0) is 30.3 Å². The lowest BCUT2D eigenvalue weighted by atomic mass is 10.4. The van der Waals surface area contributed by atoms with Crippen LogP contribution in [0.2, 0.25) is 5.28 Å². The smallest absolute Gasteiger partial charge is 0.223 e. The first-order valence-corrected chi connectivity index (χ1v) is 4.37. The maximum atomic E-state index is 5.56. The van der Waals surface area contributed by atoms with E-state index in [1.54, 1.807) is 18.0 Å². The molecule has 0 aliphatic rings. The highest BCUT2D eigenvalue weighted by Gasteiger charge is 1.98. The van der Waals surface area contributed by atoms with E-state index < -0.39 is 0 Å². The van der Waals surface area contributed by atoms with Gasteiger partial charge in [0, 0.05) is 6.20 Å². The van der Waals surface area contributed by atoms with Crippen molar-refractivity contribution in [2.24, 2.45) is 0 Å². The molecule has 0 saturated carbocycles. The molecule has 0 aliphatic carbocycles. The minimum atomic E-state index is 0.315. The van der Waals surface area contributed by atoms with Crippen molar-refractivity contribution < 1.29 is 0 Å². The van der Waals surface area contributed by atoms with E-state index in [0.29, 0.717) is 5.28 Å². The molecular weight excluding hydrogens is 168 g/mol. The summed E-state index contributed by atoms with van der Waals surface area (Å²) in [6, 6.07) is 0. The van der Waals surface area contributed by atoms with Gasteiger partial charge in [0.15, 0.2) is 0 Å². The predicted octanol–water partition coefficient (Wildman–Crippen LogP) is 2.16. The fraction of sp³-hybridized carbons (Fsp3) is 0.333. The summed E-state index contributed by atoms with van der Waals surface area (Å²) in [5.41, 5.74) is 1.07. The number of hydrogen-bond acceptors (Lipinski definition) is 3. The van der Waals surface area contributed by atoms with E-state index in [1.165, 1.54) is 0 Å². The normalized spacial score (nSPS) is 9.90. The molecule has 0 radical (unpaired) electrons. The number of thioether (sulfide) groups is 1. The second-order valence-electron chi connectivity index (χ2n) is 1.83. The fourth-order valence-corrected chi connectivity index (χ4v) is 1.35. The summed E-state index contributed by atoms with van der Waals surface area (Å²) in [6.45, 7) is 1.96. The average molecular weight is 175 g/mol. The largest absolute Gasteiger partial charge is 0.226 e. The molecule has 4 heteroatoms. The van der Waals surface area contributed by atoms with Crippen molar-refractivity contribution in [2.75, 3.05) is 6.26 Å². The van der Waals surface area contributed by atoms with Crippen molar-refractivity contribution in [3.63, 3.8) is 0 Å². The minimum Gasteiger partial charge on any atom is -0.226 e. The summed E-state index contributed by atoms with van der Waals surface area (Å²) in [4.78, 5) is 7.84. The zero-order valence-corrected chi connectivity index (χ0v) is 7.33. The first kappa shape index (κ1) is 7.82. The number of nitrogens with zero attached hydrogens (tertiary/aromatic N) is 2. The van der Waals surface area contributed by atoms with Gasteiger partial charge in [0.05, 0.1) is 0 Å². The van der Waals surface area contributed by atoms with Gasteiger partial charge in [0.2, 0.25) is 5.28 Å². The van der Waals surface area contributed by atoms with Crippen LogP contribution in [0.5, 0.6) is 0 Å². The molecule has 2 nitrogen and oxygen atoms in total. The first-order valence-electron chi connectivity index (χ1n) is 2.77. The third-order valence-corrected chi connectivity index (χ3v) is 2.07. The van der Waals surface area contributed by atoms with E-state index in [9.17, 15) is 0 Å². The number of hydrogen-bond donors (Lipinski definition) is 0. The van der Waals surface area contributed by atoms with Gasteiger partial charge in [-0.3, -0.25) is 0 Å². The molecular formula is C6H7ClN2S. The Balaban J connectivity index is 3.09. The fourth-order valence-electron chi connectivity index (χ4n) is 0.613. The van der Waals surface area contributed by atoms with Gasteiger partial charge < -0.3 is 0 Å². The van der Waals surface area contributed by atoms with Crippen molar-refractivity contribution in [1.29, 1.82) is 0 Å². The highest BCUT2D eigenvalue weighted by Crippen LogP contribution is 2.16. The molecule has 0 bridgehead atoms. The maximum absolute atomic E-state index is 5.56. The van der Waals surface area contributed by atoms with Gasteiger partial charge >= 0.3 is 0 Å².